The number of hydrogen-bond acceptors (Lipinski definition) is 5. The molecule has 2 rings (SSSR count). The van der Waals surface area contributed by atoms with Crippen LogP contribution in [0.1, 0.15) is 23.2 Å². The van der Waals surface area contributed by atoms with Gasteiger partial charge in [0.1, 0.15) is 0 Å². The molecule has 0 radical (unpaired) electrons. The van der Waals surface area contributed by atoms with Gasteiger partial charge in [-0.25, -0.2) is 4.98 Å². The van der Waals surface area contributed by atoms with Gasteiger partial charge in [0.25, 0.3) is 5.91 Å². The number of nitrogens with one attached hydrogen (secondary N) is 1. The molecule has 2 heterocycles. The van der Waals surface area contributed by atoms with E-state index in [0.717, 1.165) is 0 Å². The molecule has 106 valence electrons. The lowest BCUT2D eigenvalue weighted by molar-refractivity contribution is -0.132. The fourth-order valence-corrected chi connectivity index (χ4v) is 2.81. The number of amides is 3. The standard InChI is InChI=1S/C13H15N3O3S/c1-16(2)13(19)8-5-6-14-11(7-8)20-9-3-4-10(17)15-12(9)18/h5-7,9H,3-4H2,1-2H3,(H,15,17,18). The predicted octanol–water partition coefficient (Wildman–Crippen LogP) is 0.681. The zero-order valence-electron chi connectivity index (χ0n) is 11.3. The van der Waals surface area contributed by atoms with E-state index in [1.165, 1.54) is 16.7 Å². The van der Waals surface area contributed by atoms with Crippen molar-refractivity contribution in [2.24, 2.45) is 0 Å². The molecule has 1 atom stereocenters. The second-order valence-corrected chi connectivity index (χ2v) is 5.86. The topological polar surface area (TPSA) is 79.4 Å². The number of carbonyl (C=O) groups is 3. The van der Waals surface area contributed by atoms with Crippen molar-refractivity contribution in [3.63, 3.8) is 0 Å². The number of imide groups is 1. The quantitative estimate of drug-likeness (QED) is 0.829. The van der Waals surface area contributed by atoms with E-state index in [1.54, 1.807) is 32.4 Å². The van der Waals surface area contributed by atoms with Crippen LogP contribution in [0.2, 0.25) is 0 Å². The van der Waals surface area contributed by atoms with Crippen LogP contribution >= 0.6 is 11.8 Å². The Morgan fingerprint density at radius 3 is 2.85 bits per heavy atom. The Balaban J connectivity index is 2.10. The molecule has 1 aromatic heterocycles. The minimum absolute atomic E-state index is 0.113. The van der Waals surface area contributed by atoms with Crippen molar-refractivity contribution in [1.29, 1.82) is 0 Å². The Morgan fingerprint density at radius 1 is 1.45 bits per heavy atom. The van der Waals surface area contributed by atoms with Crippen molar-refractivity contribution in [1.82, 2.24) is 15.2 Å². The Labute approximate surface area is 120 Å². The molecular formula is C13H15N3O3S. The van der Waals surface area contributed by atoms with Gasteiger partial charge in [-0.1, -0.05) is 11.8 Å². The molecule has 1 fully saturated rings. The van der Waals surface area contributed by atoms with Gasteiger partial charge in [-0.05, 0) is 18.6 Å². The molecule has 0 spiro atoms. The van der Waals surface area contributed by atoms with E-state index < -0.39 is 0 Å². The first-order chi connectivity index (χ1) is 9.47. The lowest BCUT2D eigenvalue weighted by Gasteiger charge is -2.20. The smallest absolute Gasteiger partial charge is 0.253 e. The largest absolute Gasteiger partial charge is 0.345 e. The van der Waals surface area contributed by atoms with Crippen molar-refractivity contribution < 1.29 is 14.4 Å². The summed E-state index contributed by atoms with van der Waals surface area (Å²) in [6.07, 6.45) is 2.37. The molecule has 1 aliphatic rings. The van der Waals surface area contributed by atoms with Crippen molar-refractivity contribution in [3.05, 3.63) is 23.9 Å². The van der Waals surface area contributed by atoms with Crippen molar-refractivity contribution in [3.8, 4) is 0 Å². The first-order valence-electron chi connectivity index (χ1n) is 6.15. The van der Waals surface area contributed by atoms with Crippen molar-refractivity contribution in [2.75, 3.05) is 14.1 Å². The van der Waals surface area contributed by atoms with Crippen LogP contribution in [0.3, 0.4) is 0 Å². The minimum Gasteiger partial charge on any atom is -0.345 e. The molecule has 1 aromatic rings. The first kappa shape index (κ1) is 14.5. The first-order valence-corrected chi connectivity index (χ1v) is 7.03. The molecule has 20 heavy (non-hydrogen) atoms. The number of rotatable bonds is 3. The lowest BCUT2D eigenvalue weighted by Crippen LogP contribution is -2.42. The molecule has 0 bridgehead atoms. The van der Waals surface area contributed by atoms with E-state index in [1.807, 2.05) is 0 Å². The van der Waals surface area contributed by atoms with Crippen LogP contribution in [0.15, 0.2) is 23.4 Å². The van der Waals surface area contributed by atoms with E-state index in [0.29, 0.717) is 23.4 Å². The third-order valence-electron chi connectivity index (χ3n) is 2.84. The normalized spacial score (nSPS) is 18.6. The summed E-state index contributed by atoms with van der Waals surface area (Å²) in [5, 5.41) is 2.56. The molecule has 3 amide bonds. The third-order valence-corrected chi connectivity index (χ3v) is 4.04. The number of pyridine rings is 1. The van der Waals surface area contributed by atoms with Gasteiger partial charge in [0.15, 0.2) is 0 Å². The number of nitrogens with zero attached hydrogens (tertiary/aromatic N) is 2. The second kappa shape index (κ2) is 6.04. The Morgan fingerprint density at radius 2 is 2.20 bits per heavy atom. The van der Waals surface area contributed by atoms with Gasteiger partial charge in [-0.15, -0.1) is 0 Å². The molecule has 7 heteroatoms. The zero-order valence-corrected chi connectivity index (χ0v) is 12.1. The second-order valence-electron chi connectivity index (χ2n) is 4.64. The molecule has 0 saturated carbocycles. The van der Waals surface area contributed by atoms with Gasteiger partial charge < -0.3 is 4.90 Å². The zero-order chi connectivity index (χ0) is 14.7. The summed E-state index contributed by atoms with van der Waals surface area (Å²) >= 11 is 1.27. The summed E-state index contributed by atoms with van der Waals surface area (Å²) in [7, 11) is 3.35. The number of aromatic nitrogens is 1. The highest BCUT2D eigenvalue weighted by molar-refractivity contribution is 8.00. The van der Waals surface area contributed by atoms with Crippen LogP contribution in [0.4, 0.5) is 0 Å². The Kier molecular flexibility index (Phi) is 4.39. The average Bonchev–Trinajstić information content (AvgIpc) is 2.41. The summed E-state index contributed by atoms with van der Waals surface area (Å²) in [6.45, 7) is 0. The molecular weight excluding hydrogens is 278 g/mol. The lowest BCUT2D eigenvalue weighted by atomic mass is 10.1. The van der Waals surface area contributed by atoms with E-state index in [-0.39, 0.29) is 23.0 Å². The molecule has 1 unspecified atom stereocenters. The van der Waals surface area contributed by atoms with Crippen LogP contribution in [-0.2, 0) is 9.59 Å². The van der Waals surface area contributed by atoms with E-state index >= 15 is 0 Å². The molecule has 6 nitrogen and oxygen atoms in total. The Hall–Kier alpha value is -1.89. The summed E-state index contributed by atoms with van der Waals surface area (Å²) < 4.78 is 0. The maximum atomic E-state index is 11.9. The highest BCUT2D eigenvalue weighted by Gasteiger charge is 2.27. The van der Waals surface area contributed by atoms with E-state index in [9.17, 15) is 14.4 Å². The van der Waals surface area contributed by atoms with Crippen molar-refractivity contribution >= 4 is 29.5 Å². The summed E-state index contributed by atoms with van der Waals surface area (Å²) in [6, 6.07) is 3.30. The van der Waals surface area contributed by atoms with Gasteiger partial charge >= 0.3 is 0 Å². The molecule has 0 aromatic carbocycles. The number of carbonyl (C=O) groups excluding carboxylic acids is 3. The maximum Gasteiger partial charge on any atom is 0.253 e. The van der Waals surface area contributed by atoms with Gasteiger partial charge in [0.05, 0.1) is 10.3 Å². The van der Waals surface area contributed by atoms with Crippen LogP contribution in [0.5, 0.6) is 0 Å². The maximum absolute atomic E-state index is 11.9. The number of hydrogen-bond donors (Lipinski definition) is 1. The summed E-state index contributed by atoms with van der Waals surface area (Å²) in [5.41, 5.74) is 0.528. The molecule has 1 saturated heterocycles. The SMILES string of the molecule is CN(C)C(=O)c1ccnc(SC2CCC(=O)NC2=O)c1. The van der Waals surface area contributed by atoms with E-state index in [4.69, 9.17) is 0 Å². The average molecular weight is 293 g/mol. The van der Waals surface area contributed by atoms with Crippen molar-refractivity contribution in [2.45, 2.75) is 23.1 Å². The fourth-order valence-electron chi connectivity index (χ4n) is 1.80. The molecule has 0 aliphatic carbocycles. The highest BCUT2D eigenvalue weighted by atomic mass is 32.2. The van der Waals surface area contributed by atoms with Crippen LogP contribution in [0.25, 0.3) is 0 Å². The van der Waals surface area contributed by atoms with Crippen LogP contribution < -0.4 is 5.32 Å². The highest BCUT2D eigenvalue weighted by Crippen LogP contribution is 2.27. The van der Waals surface area contributed by atoms with Crippen LogP contribution in [-0.4, -0.2) is 47.0 Å². The van der Waals surface area contributed by atoms with Gasteiger partial charge in [-0.2, -0.15) is 0 Å². The number of piperidine rings is 1. The predicted molar refractivity (Wildman–Crippen MR) is 74.3 cm³/mol. The summed E-state index contributed by atoms with van der Waals surface area (Å²) in [5.74, 6) is -0.647. The van der Waals surface area contributed by atoms with Gasteiger partial charge in [-0.3, -0.25) is 19.7 Å². The third kappa shape index (κ3) is 3.36. The van der Waals surface area contributed by atoms with Crippen LogP contribution in [0, 0.1) is 0 Å². The fraction of sp³-hybridized carbons (Fsp3) is 0.385. The Bertz CT molecular complexity index is 560. The minimum atomic E-state index is -0.343. The summed E-state index contributed by atoms with van der Waals surface area (Å²) in [4.78, 5) is 40.3. The molecule has 1 N–H and O–H groups in total. The van der Waals surface area contributed by atoms with Gasteiger partial charge in [0.2, 0.25) is 11.8 Å². The number of thioether (sulfide) groups is 1. The van der Waals surface area contributed by atoms with E-state index in [2.05, 4.69) is 10.3 Å². The molecule has 1 aliphatic heterocycles. The monoisotopic (exact) mass is 293 g/mol. The van der Waals surface area contributed by atoms with Gasteiger partial charge in [0, 0.05) is 32.3 Å².